The zero-order valence-electron chi connectivity index (χ0n) is 16.4. The molecule has 0 spiro atoms. The maximum absolute atomic E-state index is 13.6. The third-order valence-corrected chi connectivity index (χ3v) is 5.06. The number of fused-ring (bicyclic) bond motifs is 2. The average Bonchev–Trinajstić information content (AvgIpc) is 2.77. The first-order valence-electron chi connectivity index (χ1n) is 9.34. The van der Waals surface area contributed by atoms with Crippen LogP contribution in [0.1, 0.15) is 16.1 Å². The molecule has 1 aromatic heterocycles. The lowest BCUT2D eigenvalue weighted by molar-refractivity contribution is -0.375. The van der Waals surface area contributed by atoms with Gasteiger partial charge in [-0.1, -0.05) is 48.5 Å². The van der Waals surface area contributed by atoms with Gasteiger partial charge in [0, 0.05) is 10.9 Å². The SMILES string of the molecule is O=C(Nc1c(C(O)(C(F)(F)F)C(F)(F)F)ccc2ccccc12)c1cnc2ccccc2n1. The Morgan fingerprint density at radius 2 is 1.42 bits per heavy atom. The summed E-state index contributed by atoms with van der Waals surface area (Å²) in [7, 11) is 0. The topological polar surface area (TPSA) is 75.1 Å². The number of nitrogens with zero attached hydrogens (tertiary/aromatic N) is 2. The minimum absolute atomic E-state index is 0.135. The molecule has 4 rings (SSSR count). The average molecular weight is 465 g/mol. The van der Waals surface area contributed by atoms with Gasteiger partial charge in [0.05, 0.1) is 22.9 Å². The summed E-state index contributed by atoms with van der Waals surface area (Å²) in [6.45, 7) is 0. The van der Waals surface area contributed by atoms with Crippen molar-refractivity contribution < 1.29 is 36.2 Å². The second kappa shape index (κ2) is 7.69. The molecule has 11 heteroatoms. The van der Waals surface area contributed by atoms with Crippen LogP contribution in [0.5, 0.6) is 0 Å². The molecule has 1 amide bonds. The van der Waals surface area contributed by atoms with Gasteiger partial charge in [0.1, 0.15) is 5.69 Å². The summed E-state index contributed by atoms with van der Waals surface area (Å²) in [5, 5.41) is 12.2. The molecule has 5 nitrogen and oxygen atoms in total. The second-order valence-electron chi connectivity index (χ2n) is 7.11. The van der Waals surface area contributed by atoms with Crippen LogP contribution in [-0.2, 0) is 5.60 Å². The molecule has 0 aliphatic carbocycles. The van der Waals surface area contributed by atoms with Gasteiger partial charge >= 0.3 is 12.4 Å². The van der Waals surface area contributed by atoms with E-state index < -0.39 is 35.1 Å². The van der Waals surface area contributed by atoms with Crippen molar-refractivity contribution in [2.45, 2.75) is 18.0 Å². The van der Waals surface area contributed by atoms with Gasteiger partial charge in [-0.05, 0) is 17.5 Å². The number of aliphatic hydroxyl groups is 1. The Bertz CT molecular complexity index is 1350. The van der Waals surface area contributed by atoms with Crippen LogP contribution >= 0.6 is 0 Å². The summed E-state index contributed by atoms with van der Waals surface area (Å²) in [6.07, 6.45) is -11.2. The lowest BCUT2D eigenvalue weighted by Gasteiger charge is -2.34. The van der Waals surface area contributed by atoms with Crippen LogP contribution in [0.4, 0.5) is 32.0 Å². The van der Waals surface area contributed by atoms with E-state index in [9.17, 15) is 36.2 Å². The number of carbonyl (C=O) groups excluding carboxylic acids is 1. The summed E-state index contributed by atoms with van der Waals surface area (Å²) >= 11 is 0. The molecular weight excluding hydrogens is 452 g/mol. The van der Waals surface area contributed by atoms with E-state index in [1.54, 1.807) is 18.2 Å². The van der Waals surface area contributed by atoms with E-state index >= 15 is 0 Å². The molecule has 3 aromatic carbocycles. The third kappa shape index (κ3) is 3.74. The number of carbonyl (C=O) groups is 1. The molecule has 0 unspecified atom stereocenters. The van der Waals surface area contributed by atoms with Crippen molar-refractivity contribution >= 4 is 33.4 Å². The van der Waals surface area contributed by atoms with Crippen molar-refractivity contribution in [3.63, 3.8) is 0 Å². The highest BCUT2D eigenvalue weighted by atomic mass is 19.4. The highest BCUT2D eigenvalue weighted by molar-refractivity contribution is 6.09. The number of halogens is 6. The maximum Gasteiger partial charge on any atom is 0.430 e. The molecule has 0 aliphatic rings. The van der Waals surface area contributed by atoms with Gasteiger partial charge < -0.3 is 10.4 Å². The summed E-state index contributed by atoms with van der Waals surface area (Å²) in [4.78, 5) is 20.9. The van der Waals surface area contributed by atoms with Crippen LogP contribution in [0.2, 0.25) is 0 Å². The Morgan fingerprint density at radius 1 is 0.818 bits per heavy atom. The van der Waals surface area contributed by atoms with Gasteiger partial charge in [-0.3, -0.25) is 9.78 Å². The Labute approximate surface area is 181 Å². The van der Waals surface area contributed by atoms with Crippen molar-refractivity contribution in [1.29, 1.82) is 0 Å². The van der Waals surface area contributed by atoms with Gasteiger partial charge in [-0.15, -0.1) is 0 Å². The van der Waals surface area contributed by atoms with E-state index in [0.29, 0.717) is 17.1 Å². The predicted octanol–water partition coefficient (Wildman–Crippen LogP) is 5.35. The predicted molar refractivity (Wildman–Crippen MR) is 107 cm³/mol. The highest BCUT2D eigenvalue weighted by Gasteiger charge is 2.72. The molecule has 0 atom stereocenters. The van der Waals surface area contributed by atoms with Crippen LogP contribution in [0.15, 0.2) is 66.9 Å². The zero-order chi connectivity index (χ0) is 24.0. The number of nitrogens with one attached hydrogen (secondary N) is 1. The molecular formula is C22H13F6N3O2. The fourth-order valence-electron chi connectivity index (χ4n) is 3.42. The summed E-state index contributed by atoms with van der Waals surface area (Å²) in [5.74, 6) is -1.10. The number of benzene rings is 3. The third-order valence-electron chi connectivity index (χ3n) is 5.06. The Kier molecular flexibility index (Phi) is 5.24. The van der Waals surface area contributed by atoms with Gasteiger partial charge in [0.15, 0.2) is 0 Å². The Hall–Kier alpha value is -3.73. The molecule has 1 heterocycles. The first-order valence-corrected chi connectivity index (χ1v) is 9.34. The first kappa shape index (κ1) is 22.5. The molecule has 4 aromatic rings. The van der Waals surface area contributed by atoms with Crippen LogP contribution in [-0.4, -0.2) is 33.3 Å². The van der Waals surface area contributed by atoms with Crippen LogP contribution < -0.4 is 5.32 Å². The smallest absolute Gasteiger partial charge is 0.369 e. The van der Waals surface area contributed by atoms with Crippen molar-refractivity contribution in [1.82, 2.24) is 9.97 Å². The molecule has 0 saturated carbocycles. The maximum atomic E-state index is 13.6. The number of rotatable bonds is 3. The molecule has 2 N–H and O–H groups in total. The number of alkyl halides is 6. The van der Waals surface area contributed by atoms with Crippen LogP contribution in [0.3, 0.4) is 0 Å². The van der Waals surface area contributed by atoms with Crippen molar-refractivity contribution in [3.05, 3.63) is 78.1 Å². The van der Waals surface area contributed by atoms with Gasteiger partial charge in [0.2, 0.25) is 0 Å². The van der Waals surface area contributed by atoms with Gasteiger partial charge in [0.25, 0.3) is 11.5 Å². The number of amides is 1. The number of anilines is 1. The van der Waals surface area contributed by atoms with E-state index in [2.05, 4.69) is 15.3 Å². The van der Waals surface area contributed by atoms with Gasteiger partial charge in [-0.25, -0.2) is 4.98 Å². The monoisotopic (exact) mass is 465 g/mol. The summed E-state index contributed by atoms with van der Waals surface area (Å²) < 4.78 is 81.6. The number of hydrogen-bond acceptors (Lipinski definition) is 4. The van der Waals surface area contributed by atoms with E-state index in [4.69, 9.17) is 0 Å². The quantitative estimate of drug-likeness (QED) is 0.400. The standard InChI is InChI=1S/C22H13F6N3O2/c23-21(24,25)20(33,22(26,27)28)14-10-9-12-5-1-2-6-13(12)18(14)31-19(32)17-11-29-15-7-3-4-8-16(15)30-17/h1-11,33H,(H,31,32). The molecule has 0 bridgehead atoms. The first-order chi connectivity index (χ1) is 15.4. The van der Waals surface area contributed by atoms with E-state index in [0.717, 1.165) is 12.3 Å². The minimum atomic E-state index is -6.13. The highest BCUT2D eigenvalue weighted by Crippen LogP contribution is 2.53. The lowest BCUT2D eigenvalue weighted by atomic mass is 9.88. The van der Waals surface area contributed by atoms with Crippen molar-refractivity contribution in [2.75, 3.05) is 5.32 Å². The molecule has 0 fully saturated rings. The van der Waals surface area contributed by atoms with Crippen molar-refractivity contribution in [2.24, 2.45) is 0 Å². The van der Waals surface area contributed by atoms with Crippen LogP contribution in [0, 0.1) is 0 Å². The Morgan fingerprint density at radius 3 is 2.09 bits per heavy atom. The fraction of sp³-hybridized carbons (Fsp3) is 0.136. The minimum Gasteiger partial charge on any atom is -0.369 e. The van der Waals surface area contributed by atoms with Crippen molar-refractivity contribution in [3.8, 4) is 0 Å². The zero-order valence-corrected chi connectivity index (χ0v) is 16.4. The Balaban J connectivity index is 1.91. The molecule has 0 saturated heterocycles. The summed E-state index contributed by atoms with van der Waals surface area (Å²) in [5.41, 5.74) is -7.25. The normalized spacial score (nSPS) is 12.8. The number of para-hydroxylation sites is 2. The van der Waals surface area contributed by atoms with Gasteiger partial charge in [-0.2, -0.15) is 26.3 Å². The van der Waals surface area contributed by atoms with E-state index in [1.165, 1.54) is 30.3 Å². The molecule has 0 radical (unpaired) electrons. The lowest BCUT2D eigenvalue weighted by Crippen LogP contribution is -2.54. The number of hydrogen-bond donors (Lipinski definition) is 2. The second-order valence-corrected chi connectivity index (χ2v) is 7.11. The molecule has 170 valence electrons. The molecule has 33 heavy (non-hydrogen) atoms. The van der Waals surface area contributed by atoms with E-state index in [-0.39, 0.29) is 16.5 Å². The summed E-state index contributed by atoms with van der Waals surface area (Å²) in [6, 6.07) is 13.5. The fourth-order valence-corrected chi connectivity index (χ4v) is 3.42. The largest absolute Gasteiger partial charge is 0.430 e. The van der Waals surface area contributed by atoms with E-state index in [1.807, 2.05) is 0 Å². The number of aromatic nitrogens is 2. The molecule has 0 aliphatic heterocycles. The van der Waals surface area contributed by atoms with Crippen LogP contribution in [0.25, 0.3) is 21.8 Å².